The third-order valence-electron chi connectivity index (χ3n) is 5.33. The first-order chi connectivity index (χ1) is 13.6. The predicted molar refractivity (Wildman–Crippen MR) is 105 cm³/mol. The number of fused-ring (bicyclic) bond motifs is 1. The third-order valence-corrected chi connectivity index (χ3v) is 5.33. The fourth-order valence-electron chi connectivity index (χ4n) is 3.90. The number of halogens is 1. The molecule has 0 bridgehead atoms. The molecule has 2 heterocycles. The largest absolute Gasteiger partial charge is 0.494 e. The maximum absolute atomic E-state index is 13.3. The summed E-state index contributed by atoms with van der Waals surface area (Å²) < 4.78 is 23.1. The summed E-state index contributed by atoms with van der Waals surface area (Å²) in [5.74, 6) is 1.73. The lowest BCUT2D eigenvalue weighted by Gasteiger charge is -2.10. The van der Waals surface area contributed by atoms with Gasteiger partial charge in [0, 0.05) is 11.1 Å². The van der Waals surface area contributed by atoms with Gasteiger partial charge in [0.2, 0.25) is 5.78 Å². The number of carbonyl (C=O) groups is 1. The minimum absolute atomic E-state index is 0.0685. The molecule has 1 aliphatic heterocycles. The van der Waals surface area contributed by atoms with Gasteiger partial charge in [-0.3, -0.25) is 4.79 Å². The summed E-state index contributed by atoms with van der Waals surface area (Å²) >= 11 is 0. The number of ketones is 1. The molecular weight excluding hydrogens is 355 g/mol. The van der Waals surface area contributed by atoms with E-state index >= 15 is 0 Å². The highest BCUT2D eigenvalue weighted by atomic mass is 19.1. The number of Topliss-reactive ketones (excluding diaryl/α,β-unsaturated/α-hetero) is 1. The lowest BCUT2D eigenvalue weighted by atomic mass is 10.0. The monoisotopic (exact) mass is 379 g/mol. The van der Waals surface area contributed by atoms with Crippen LogP contribution in [-0.2, 0) is 13.0 Å². The summed E-state index contributed by atoms with van der Waals surface area (Å²) in [5.41, 5.74) is 2.66. The van der Waals surface area contributed by atoms with Gasteiger partial charge in [-0.2, -0.15) is 0 Å². The van der Waals surface area contributed by atoms with Gasteiger partial charge in [0.05, 0.1) is 19.6 Å². The van der Waals surface area contributed by atoms with Crippen LogP contribution in [0.3, 0.4) is 0 Å². The van der Waals surface area contributed by atoms with Gasteiger partial charge in [-0.15, -0.1) is 0 Å². The Hall–Kier alpha value is -2.95. The molecule has 0 N–H and O–H groups in total. The van der Waals surface area contributed by atoms with Crippen LogP contribution in [0, 0.1) is 5.82 Å². The van der Waals surface area contributed by atoms with Gasteiger partial charge < -0.3 is 4.74 Å². The van der Waals surface area contributed by atoms with Crippen molar-refractivity contribution in [1.29, 1.82) is 0 Å². The SMILES string of the molecule is CCOc1ccc(C(=O)[C@@H](C)[n+]2cc(-c3ccc(F)cc3)n3c2CCC3)cc1. The zero-order valence-corrected chi connectivity index (χ0v) is 16.2. The molecule has 0 fully saturated rings. The summed E-state index contributed by atoms with van der Waals surface area (Å²) in [6.45, 7) is 5.39. The Kier molecular flexibility index (Phi) is 4.99. The van der Waals surface area contributed by atoms with Crippen LogP contribution in [0.4, 0.5) is 4.39 Å². The number of hydrogen-bond donors (Lipinski definition) is 0. The van der Waals surface area contributed by atoms with Gasteiger partial charge in [0.25, 0.3) is 5.82 Å². The molecule has 0 radical (unpaired) electrons. The van der Waals surface area contributed by atoms with Crippen LogP contribution < -0.4 is 9.30 Å². The Balaban J connectivity index is 1.66. The minimum Gasteiger partial charge on any atom is -0.494 e. The first kappa shape index (κ1) is 18.4. The number of nitrogens with zero attached hydrogens (tertiary/aromatic N) is 2. The molecule has 2 aromatic carbocycles. The number of benzene rings is 2. The molecule has 1 aromatic heterocycles. The number of ether oxygens (including phenoxy) is 1. The van der Waals surface area contributed by atoms with Crippen molar-refractivity contribution in [1.82, 2.24) is 4.57 Å². The molecule has 144 valence electrons. The molecule has 0 spiro atoms. The molecular formula is C23H24FN2O2+. The molecule has 1 atom stereocenters. The highest BCUT2D eigenvalue weighted by Gasteiger charge is 2.33. The maximum Gasteiger partial charge on any atom is 0.257 e. The number of carbonyl (C=O) groups excluding carboxylic acids is 1. The van der Waals surface area contributed by atoms with Crippen molar-refractivity contribution in [3.8, 4) is 17.0 Å². The van der Waals surface area contributed by atoms with Crippen LogP contribution in [-0.4, -0.2) is 17.0 Å². The van der Waals surface area contributed by atoms with E-state index in [4.69, 9.17) is 4.74 Å². The van der Waals surface area contributed by atoms with Crippen molar-refractivity contribution >= 4 is 5.78 Å². The van der Waals surface area contributed by atoms with Crippen LogP contribution in [0.1, 0.15) is 42.5 Å². The summed E-state index contributed by atoms with van der Waals surface area (Å²) in [4.78, 5) is 13.1. The van der Waals surface area contributed by atoms with Crippen molar-refractivity contribution in [3.05, 3.63) is 71.9 Å². The van der Waals surface area contributed by atoms with E-state index in [2.05, 4.69) is 9.13 Å². The van der Waals surface area contributed by atoms with Crippen molar-refractivity contribution in [3.63, 3.8) is 0 Å². The van der Waals surface area contributed by atoms with Gasteiger partial charge in [-0.05, 0) is 68.8 Å². The van der Waals surface area contributed by atoms with Crippen molar-refractivity contribution in [2.45, 2.75) is 39.3 Å². The second kappa shape index (κ2) is 7.58. The van der Waals surface area contributed by atoms with E-state index < -0.39 is 0 Å². The normalized spacial score (nSPS) is 14.0. The number of imidazole rings is 1. The summed E-state index contributed by atoms with van der Waals surface area (Å²) in [6, 6.07) is 13.5. The molecule has 0 saturated carbocycles. The van der Waals surface area contributed by atoms with E-state index in [0.717, 1.165) is 42.2 Å². The molecule has 0 unspecified atom stereocenters. The predicted octanol–water partition coefficient (Wildman–Crippen LogP) is 4.37. The van der Waals surface area contributed by atoms with Crippen LogP contribution in [0.2, 0.25) is 0 Å². The zero-order valence-electron chi connectivity index (χ0n) is 16.2. The molecule has 4 nitrogen and oxygen atoms in total. The minimum atomic E-state index is -0.313. The molecule has 28 heavy (non-hydrogen) atoms. The fourth-order valence-corrected chi connectivity index (χ4v) is 3.90. The van der Waals surface area contributed by atoms with Crippen molar-refractivity contribution < 1.29 is 18.5 Å². The van der Waals surface area contributed by atoms with E-state index in [0.29, 0.717) is 12.2 Å². The van der Waals surface area contributed by atoms with Crippen LogP contribution in [0.15, 0.2) is 54.7 Å². The third kappa shape index (κ3) is 3.33. The van der Waals surface area contributed by atoms with E-state index in [-0.39, 0.29) is 17.6 Å². The molecule has 4 rings (SSSR count). The highest BCUT2D eigenvalue weighted by molar-refractivity contribution is 5.97. The first-order valence-corrected chi connectivity index (χ1v) is 9.75. The molecule has 0 amide bonds. The standard InChI is InChI=1S/C23H24FN2O2/c1-3-28-20-12-8-18(9-13-20)23(27)16(2)26-15-21(25-14-4-5-22(25)26)17-6-10-19(24)11-7-17/h6-13,15-16H,3-5,14H2,1-2H3/q+1/t16-/m1/s1. The van der Waals surface area contributed by atoms with Gasteiger partial charge in [-0.25, -0.2) is 13.5 Å². The summed E-state index contributed by atoms with van der Waals surface area (Å²) in [7, 11) is 0. The second-order valence-corrected chi connectivity index (χ2v) is 7.10. The van der Waals surface area contributed by atoms with E-state index in [9.17, 15) is 9.18 Å². The van der Waals surface area contributed by atoms with Crippen molar-refractivity contribution in [2.75, 3.05) is 6.61 Å². The number of hydrogen-bond acceptors (Lipinski definition) is 2. The van der Waals surface area contributed by atoms with Gasteiger partial charge >= 0.3 is 0 Å². The van der Waals surface area contributed by atoms with Crippen molar-refractivity contribution in [2.24, 2.45) is 0 Å². The summed E-state index contributed by atoms with van der Waals surface area (Å²) in [5, 5.41) is 0. The van der Waals surface area contributed by atoms with Gasteiger partial charge in [0.1, 0.15) is 17.8 Å². The van der Waals surface area contributed by atoms with E-state index in [1.54, 1.807) is 12.1 Å². The first-order valence-electron chi connectivity index (χ1n) is 9.75. The Labute approximate surface area is 164 Å². The maximum atomic E-state index is 13.3. The zero-order chi connectivity index (χ0) is 19.7. The van der Waals surface area contributed by atoms with E-state index in [1.807, 2.05) is 44.3 Å². The summed E-state index contributed by atoms with van der Waals surface area (Å²) in [6.07, 6.45) is 4.01. The number of rotatable bonds is 6. The average molecular weight is 379 g/mol. The van der Waals surface area contributed by atoms with E-state index in [1.165, 1.54) is 12.1 Å². The Bertz CT molecular complexity index is 991. The molecule has 3 aromatic rings. The molecule has 5 heteroatoms. The van der Waals surface area contributed by atoms with Crippen LogP contribution in [0.25, 0.3) is 11.3 Å². The fraction of sp³-hybridized carbons (Fsp3) is 0.304. The van der Waals surface area contributed by atoms with Crippen LogP contribution >= 0.6 is 0 Å². The quantitative estimate of drug-likeness (QED) is 0.471. The molecule has 1 aliphatic rings. The average Bonchev–Trinajstić information content (AvgIpc) is 3.31. The highest BCUT2D eigenvalue weighted by Crippen LogP contribution is 2.26. The topological polar surface area (TPSA) is 35.1 Å². The van der Waals surface area contributed by atoms with Gasteiger partial charge in [0.15, 0.2) is 11.7 Å². The smallest absolute Gasteiger partial charge is 0.257 e. The number of aromatic nitrogens is 2. The Morgan fingerprint density at radius 3 is 2.57 bits per heavy atom. The lowest BCUT2D eigenvalue weighted by molar-refractivity contribution is -0.710. The van der Waals surface area contributed by atoms with Gasteiger partial charge in [-0.1, -0.05) is 0 Å². The van der Waals surface area contributed by atoms with Crippen LogP contribution in [0.5, 0.6) is 5.75 Å². The Morgan fingerprint density at radius 2 is 1.89 bits per heavy atom. The Morgan fingerprint density at radius 1 is 1.18 bits per heavy atom. The molecule has 0 aliphatic carbocycles. The lowest BCUT2D eigenvalue weighted by Crippen LogP contribution is -2.44. The molecule has 0 saturated heterocycles. The second-order valence-electron chi connectivity index (χ2n) is 7.10.